The number of esters is 1. The molecule has 1 aliphatic heterocycles. The molecule has 0 aromatic heterocycles. The van der Waals surface area contributed by atoms with Crippen molar-refractivity contribution in [2.45, 2.75) is 65.4 Å². The van der Waals surface area contributed by atoms with Gasteiger partial charge in [0, 0.05) is 6.42 Å². The molecule has 0 bridgehead atoms. The van der Waals surface area contributed by atoms with E-state index in [1.807, 2.05) is 13.8 Å². The van der Waals surface area contributed by atoms with Gasteiger partial charge in [0.25, 0.3) is 0 Å². The predicted molar refractivity (Wildman–Crippen MR) is 64.0 cm³/mol. The van der Waals surface area contributed by atoms with Crippen LogP contribution in [0.2, 0.25) is 0 Å². The summed E-state index contributed by atoms with van der Waals surface area (Å²) in [6, 6.07) is 0. The minimum Gasteiger partial charge on any atom is -0.459 e. The van der Waals surface area contributed by atoms with E-state index in [4.69, 9.17) is 4.74 Å². The molecule has 16 heavy (non-hydrogen) atoms. The number of hydrogen-bond acceptors (Lipinski definition) is 2. The quantitative estimate of drug-likeness (QED) is 0.637. The summed E-state index contributed by atoms with van der Waals surface area (Å²) >= 11 is 0. The van der Waals surface area contributed by atoms with E-state index in [2.05, 4.69) is 13.8 Å². The molecule has 0 amide bonds. The third kappa shape index (κ3) is 1.99. The lowest BCUT2D eigenvalue weighted by Crippen LogP contribution is -2.35. The molecule has 2 fully saturated rings. The molecule has 2 rings (SSSR count). The Morgan fingerprint density at radius 3 is 2.19 bits per heavy atom. The Balaban J connectivity index is 2.01. The summed E-state index contributed by atoms with van der Waals surface area (Å²) in [4.78, 5) is 11.8. The van der Waals surface area contributed by atoms with E-state index in [9.17, 15) is 4.79 Å². The lowest BCUT2D eigenvalue weighted by Gasteiger charge is -2.37. The van der Waals surface area contributed by atoms with E-state index in [0.29, 0.717) is 0 Å². The molecule has 0 atom stereocenters. The molecule has 92 valence electrons. The summed E-state index contributed by atoms with van der Waals surface area (Å²) in [6.07, 6.45) is 5.52. The van der Waals surface area contributed by atoms with Crippen LogP contribution in [0.5, 0.6) is 0 Å². The number of rotatable bonds is 1. The average molecular weight is 224 g/mol. The standard InChI is InChI=1S/C14H24O2/c1-10(2)11-5-7-14(8-6-11)9-13(3,4)12(15)16-14/h10-11H,5-9H2,1-4H3. The molecule has 2 nitrogen and oxygen atoms in total. The first-order valence-corrected chi connectivity index (χ1v) is 6.58. The number of hydrogen-bond donors (Lipinski definition) is 0. The van der Waals surface area contributed by atoms with Crippen LogP contribution in [-0.4, -0.2) is 11.6 Å². The van der Waals surface area contributed by atoms with Crippen molar-refractivity contribution in [1.29, 1.82) is 0 Å². The van der Waals surface area contributed by atoms with Crippen molar-refractivity contribution < 1.29 is 9.53 Å². The highest BCUT2D eigenvalue weighted by atomic mass is 16.6. The molecule has 2 aliphatic rings. The zero-order valence-corrected chi connectivity index (χ0v) is 11.0. The van der Waals surface area contributed by atoms with Crippen molar-refractivity contribution in [3.05, 3.63) is 0 Å². The molecular formula is C14H24O2. The Hall–Kier alpha value is -0.530. The Morgan fingerprint density at radius 2 is 1.81 bits per heavy atom. The van der Waals surface area contributed by atoms with Crippen LogP contribution < -0.4 is 0 Å². The van der Waals surface area contributed by atoms with Crippen molar-refractivity contribution in [3.63, 3.8) is 0 Å². The zero-order chi connectivity index (χ0) is 12.0. The van der Waals surface area contributed by atoms with Crippen LogP contribution in [0.3, 0.4) is 0 Å². The SMILES string of the molecule is CC(C)C1CCC2(CC1)CC(C)(C)C(=O)O2. The molecule has 1 aliphatic carbocycles. The van der Waals surface area contributed by atoms with Crippen LogP contribution >= 0.6 is 0 Å². The summed E-state index contributed by atoms with van der Waals surface area (Å²) in [7, 11) is 0. The highest BCUT2D eigenvalue weighted by Crippen LogP contribution is 2.49. The maximum atomic E-state index is 11.8. The predicted octanol–water partition coefficient (Wildman–Crippen LogP) is 3.54. The average Bonchev–Trinajstić information content (AvgIpc) is 2.37. The minimum absolute atomic E-state index is 0.00972. The van der Waals surface area contributed by atoms with Crippen molar-refractivity contribution in [1.82, 2.24) is 0 Å². The van der Waals surface area contributed by atoms with Gasteiger partial charge in [-0.05, 0) is 51.4 Å². The smallest absolute Gasteiger partial charge is 0.312 e. The Labute approximate surface area is 98.7 Å². The fraction of sp³-hybridized carbons (Fsp3) is 0.929. The molecule has 0 aromatic carbocycles. The summed E-state index contributed by atoms with van der Waals surface area (Å²) in [5, 5.41) is 0. The summed E-state index contributed by atoms with van der Waals surface area (Å²) in [5.41, 5.74) is -0.364. The third-order valence-corrected chi connectivity index (χ3v) is 4.51. The second-order valence-electron chi connectivity index (χ2n) is 6.71. The maximum Gasteiger partial charge on any atom is 0.312 e. The molecule has 0 radical (unpaired) electrons. The second-order valence-corrected chi connectivity index (χ2v) is 6.71. The normalized spacial score (nSPS) is 38.1. The van der Waals surface area contributed by atoms with E-state index in [1.165, 1.54) is 12.8 Å². The fourth-order valence-corrected chi connectivity index (χ4v) is 3.36. The van der Waals surface area contributed by atoms with Gasteiger partial charge in [-0.25, -0.2) is 0 Å². The van der Waals surface area contributed by atoms with E-state index in [1.54, 1.807) is 0 Å². The molecule has 0 aromatic rings. The van der Waals surface area contributed by atoms with Gasteiger partial charge >= 0.3 is 5.97 Å². The van der Waals surface area contributed by atoms with Gasteiger partial charge in [-0.1, -0.05) is 13.8 Å². The van der Waals surface area contributed by atoms with Gasteiger partial charge in [0.1, 0.15) is 5.60 Å². The topological polar surface area (TPSA) is 26.3 Å². The maximum absolute atomic E-state index is 11.8. The first-order valence-electron chi connectivity index (χ1n) is 6.58. The molecule has 1 saturated carbocycles. The molecule has 1 heterocycles. The summed E-state index contributed by atoms with van der Waals surface area (Å²) < 4.78 is 5.69. The number of carbonyl (C=O) groups is 1. The highest BCUT2D eigenvalue weighted by molar-refractivity contribution is 5.78. The Kier molecular flexibility index (Phi) is 2.80. The largest absolute Gasteiger partial charge is 0.459 e. The van der Waals surface area contributed by atoms with Crippen molar-refractivity contribution in [3.8, 4) is 0 Å². The lowest BCUT2D eigenvalue weighted by atomic mass is 9.71. The van der Waals surface area contributed by atoms with Crippen LogP contribution in [0.1, 0.15) is 59.8 Å². The third-order valence-electron chi connectivity index (χ3n) is 4.51. The van der Waals surface area contributed by atoms with Gasteiger partial charge in [-0.15, -0.1) is 0 Å². The van der Waals surface area contributed by atoms with Crippen molar-refractivity contribution >= 4 is 5.97 Å². The lowest BCUT2D eigenvalue weighted by molar-refractivity contribution is -0.155. The van der Waals surface area contributed by atoms with Gasteiger partial charge in [0.05, 0.1) is 5.41 Å². The van der Waals surface area contributed by atoms with Crippen LogP contribution in [-0.2, 0) is 9.53 Å². The fourth-order valence-electron chi connectivity index (χ4n) is 3.36. The first kappa shape index (κ1) is 11.9. The zero-order valence-electron chi connectivity index (χ0n) is 11.0. The van der Waals surface area contributed by atoms with Gasteiger partial charge in [-0.3, -0.25) is 4.79 Å². The van der Waals surface area contributed by atoms with Gasteiger partial charge in [0.15, 0.2) is 0 Å². The van der Waals surface area contributed by atoms with Crippen LogP contribution in [0, 0.1) is 17.3 Å². The highest BCUT2D eigenvalue weighted by Gasteiger charge is 2.52. The second kappa shape index (κ2) is 3.75. The van der Waals surface area contributed by atoms with Gasteiger partial charge < -0.3 is 4.74 Å². The van der Waals surface area contributed by atoms with E-state index in [0.717, 1.165) is 31.1 Å². The monoisotopic (exact) mass is 224 g/mol. The minimum atomic E-state index is -0.259. The molecule has 0 N–H and O–H groups in total. The van der Waals surface area contributed by atoms with Crippen LogP contribution in [0.4, 0.5) is 0 Å². The molecule has 1 spiro atoms. The number of ether oxygens (including phenoxy) is 1. The molecule has 1 saturated heterocycles. The summed E-state index contributed by atoms with van der Waals surface area (Å²) in [5.74, 6) is 1.60. The molecule has 2 heteroatoms. The van der Waals surface area contributed by atoms with Crippen LogP contribution in [0.15, 0.2) is 0 Å². The van der Waals surface area contributed by atoms with E-state index >= 15 is 0 Å². The Morgan fingerprint density at radius 1 is 1.25 bits per heavy atom. The summed E-state index contributed by atoms with van der Waals surface area (Å²) in [6.45, 7) is 8.62. The Bertz CT molecular complexity index is 283. The van der Waals surface area contributed by atoms with Gasteiger partial charge in [0.2, 0.25) is 0 Å². The molecule has 0 unspecified atom stereocenters. The van der Waals surface area contributed by atoms with Gasteiger partial charge in [-0.2, -0.15) is 0 Å². The molecular weight excluding hydrogens is 200 g/mol. The van der Waals surface area contributed by atoms with E-state index < -0.39 is 0 Å². The van der Waals surface area contributed by atoms with Crippen molar-refractivity contribution in [2.75, 3.05) is 0 Å². The number of carbonyl (C=O) groups excluding carboxylic acids is 1. The van der Waals surface area contributed by atoms with E-state index in [-0.39, 0.29) is 17.0 Å². The van der Waals surface area contributed by atoms with Crippen LogP contribution in [0.25, 0.3) is 0 Å². The van der Waals surface area contributed by atoms with Crippen molar-refractivity contribution in [2.24, 2.45) is 17.3 Å². The first-order chi connectivity index (χ1) is 7.35.